The summed E-state index contributed by atoms with van der Waals surface area (Å²) in [6, 6.07) is 8.64. The van der Waals surface area contributed by atoms with Crippen molar-refractivity contribution in [1.82, 2.24) is 20.5 Å². The molecule has 1 fully saturated rings. The first kappa shape index (κ1) is 20.8. The average molecular weight is 402 g/mol. The fourth-order valence-electron chi connectivity index (χ4n) is 3.25. The first-order valence-corrected chi connectivity index (χ1v) is 10.8. The van der Waals surface area contributed by atoms with Crippen molar-refractivity contribution in [2.45, 2.75) is 32.9 Å². The van der Waals surface area contributed by atoms with Gasteiger partial charge in [-0.2, -0.15) is 0 Å². The Morgan fingerprint density at radius 1 is 1.21 bits per heavy atom. The molecule has 1 aromatic carbocycles. The lowest BCUT2D eigenvalue weighted by Gasteiger charge is -2.27. The van der Waals surface area contributed by atoms with Gasteiger partial charge in [-0.1, -0.05) is 24.3 Å². The molecule has 0 saturated carbocycles. The Hall–Kier alpha value is -1.96. The zero-order chi connectivity index (χ0) is 19.6. The topological polar surface area (TPSA) is 61.8 Å². The smallest absolute Gasteiger partial charge is 0.191 e. The molecule has 28 heavy (non-hydrogen) atoms. The largest absolute Gasteiger partial charge is 0.379 e. The Bertz CT molecular complexity index is 755. The lowest BCUT2D eigenvalue weighted by molar-refractivity contribution is 0.0341. The summed E-state index contributed by atoms with van der Waals surface area (Å²) in [5.41, 5.74) is 3.79. The van der Waals surface area contributed by atoms with Crippen molar-refractivity contribution in [2.24, 2.45) is 4.99 Å². The molecule has 152 valence electrons. The number of aliphatic imine (C=N–C) groups is 1. The lowest BCUT2D eigenvalue weighted by Crippen LogP contribution is -2.38. The number of aromatic nitrogens is 1. The highest BCUT2D eigenvalue weighted by Crippen LogP contribution is 2.13. The van der Waals surface area contributed by atoms with Crippen LogP contribution in [0.4, 0.5) is 0 Å². The number of ether oxygens (including phenoxy) is 1. The first-order valence-electron chi connectivity index (χ1n) is 9.97. The van der Waals surface area contributed by atoms with Gasteiger partial charge in [0.1, 0.15) is 0 Å². The van der Waals surface area contributed by atoms with Crippen molar-refractivity contribution in [3.8, 4) is 0 Å². The van der Waals surface area contributed by atoms with Gasteiger partial charge in [-0.15, -0.1) is 11.3 Å². The Kier molecular flexibility index (Phi) is 8.26. The van der Waals surface area contributed by atoms with Crippen molar-refractivity contribution >= 4 is 17.3 Å². The molecule has 2 N–H and O–H groups in total. The molecule has 3 rings (SSSR count). The van der Waals surface area contributed by atoms with Crippen molar-refractivity contribution in [2.75, 3.05) is 39.9 Å². The van der Waals surface area contributed by atoms with E-state index in [2.05, 4.69) is 55.2 Å². The standard InChI is InChI=1S/C21H31N5OS/c1-17-16-28-20(25-17)8-5-9-23-21(22-2)24-14-18-6-3-4-7-19(18)15-26-10-12-27-13-11-26/h3-4,6-7,16H,5,8-15H2,1-2H3,(H2,22,23,24). The maximum atomic E-state index is 5.46. The summed E-state index contributed by atoms with van der Waals surface area (Å²) in [7, 11) is 1.82. The van der Waals surface area contributed by atoms with Gasteiger partial charge in [0, 0.05) is 57.3 Å². The Labute approximate surface area is 172 Å². The number of hydrogen-bond donors (Lipinski definition) is 2. The molecule has 1 saturated heterocycles. The van der Waals surface area contributed by atoms with Crippen LogP contribution in [0.25, 0.3) is 0 Å². The number of benzene rings is 1. The predicted molar refractivity (Wildman–Crippen MR) is 116 cm³/mol. The molecule has 2 aromatic rings. The summed E-state index contributed by atoms with van der Waals surface area (Å²) in [6.07, 6.45) is 2.05. The molecule has 1 aromatic heterocycles. The van der Waals surface area contributed by atoms with Crippen LogP contribution in [0.3, 0.4) is 0 Å². The predicted octanol–water partition coefficient (Wildman–Crippen LogP) is 2.58. The van der Waals surface area contributed by atoms with Crippen LogP contribution in [0, 0.1) is 6.92 Å². The fourth-order valence-corrected chi connectivity index (χ4v) is 4.07. The minimum absolute atomic E-state index is 0.770. The summed E-state index contributed by atoms with van der Waals surface area (Å²) in [5, 5.41) is 10.2. The zero-order valence-corrected chi connectivity index (χ0v) is 17.7. The van der Waals surface area contributed by atoms with Gasteiger partial charge >= 0.3 is 0 Å². The monoisotopic (exact) mass is 401 g/mol. The summed E-state index contributed by atoms with van der Waals surface area (Å²) in [4.78, 5) is 11.3. The highest BCUT2D eigenvalue weighted by molar-refractivity contribution is 7.09. The highest BCUT2D eigenvalue weighted by Gasteiger charge is 2.12. The molecule has 0 bridgehead atoms. The summed E-state index contributed by atoms with van der Waals surface area (Å²) < 4.78 is 5.46. The quantitative estimate of drug-likeness (QED) is 0.404. The van der Waals surface area contributed by atoms with E-state index in [9.17, 15) is 0 Å². The third kappa shape index (κ3) is 6.58. The van der Waals surface area contributed by atoms with Crippen molar-refractivity contribution < 1.29 is 4.74 Å². The fraction of sp³-hybridized carbons (Fsp3) is 0.524. The van der Waals surface area contributed by atoms with Crippen LogP contribution < -0.4 is 10.6 Å². The van der Waals surface area contributed by atoms with E-state index in [4.69, 9.17) is 4.74 Å². The minimum Gasteiger partial charge on any atom is -0.379 e. The number of morpholine rings is 1. The van der Waals surface area contributed by atoms with E-state index in [1.54, 1.807) is 11.3 Å². The van der Waals surface area contributed by atoms with Crippen LogP contribution in [0.2, 0.25) is 0 Å². The maximum absolute atomic E-state index is 5.46. The van der Waals surface area contributed by atoms with Crippen LogP contribution in [0.15, 0.2) is 34.6 Å². The number of hydrogen-bond acceptors (Lipinski definition) is 5. The van der Waals surface area contributed by atoms with E-state index >= 15 is 0 Å². The zero-order valence-electron chi connectivity index (χ0n) is 16.9. The highest BCUT2D eigenvalue weighted by atomic mass is 32.1. The SMILES string of the molecule is CN=C(NCCCc1nc(C)cs1)NCc1ccccc1CN1CCOCC1. The second kappa shape index (κ2) is 11.1. The third-order valence-corrected chi connectivity index (χ3v) is 5.84. The molecule has 1 aliphatic heterocycles. The van der Waals surface area contributed by atoms with Crippen LogP contribution >= 0.6 is 11.3 Å². The van der Waals surface area contributed by atoms with E-state index in [1.165, 1.54) is 16.1 Å². The van der Waals surface area contributed by atoms with E-state index in [1.807, 2.05) is 14.0 Å². The Morgan fingerprint density at radius 2 is 2.00 bits per heavy atom. The molecular weight excluding hydrogens is 370 g/mol. The van der Waals surface area contributed by atoms with Gasteiger partial charge in [0.05, 0.1) is 18.2 Å². The Morgan fingerprint density at radius 3 is 2.71 bits per heavy atom. The summed E-state index contributed by atoms with van der Waals surface area (Å²) >= 11 is 1.74. The number of nitrogens with zero attached hydrogens (tertiary/aromatic N) is 3. The van der Waals surface area contributed by atoms with E-state index < -0.39 is 0 Å². The second-order valence-electron chi connectivity index (χ2n) is 7.00. The molecule has 7 heteroatoms. The number of nitrogens with one attached hydrogen (secondary N) is 2. The van der Waals surface area contributed by atoms with Crippen LogP contribution in [-0.4, -0.2) is 55.7 Å². The maximum Gasteiger partial charge on any atom is 0.191 e. The first-order chi connectivity index (χ1) is 13.7. The van der Waals surface area contributed by atoms with Crippen LogP contribution in [0.5, 0.6) is 0 Å². The Balaban J connectivity index is 1.44. The van der Waals surface area contributed by atoms with E-state index in [-0.39, 0.29) is 0 Å². The third-order valence-electron chi connectivity index (χ3n) is 4.81. The summed E-state index contributed by atoms with van der Waals surface area (Å²) in [6.45, 7) is 8.34. The van der Waals surface area contributed by atoms with E-state index in [0.717, 1.165) is 70.4 Å². The molecule has 6 nitrogen and oxygen atoms in total. The molecule has 0 atom stereocenters. The number of guanidine groups is 1. The van der Waals surface area contributed by atoms with Crippen LogP contribution in [0.1, 0.15) is 28.2 Å². The van der Waals surface area contributed by atoms with Gasteiger partial charge in [-0.3, -0.25) is 9.89 Å². The number of thiazole rings is 1. The molecule has 0 radical (unpaired) electrons. The molecule has 0 spiro atoms. The second-order valence-corrected chi connectivity index (χ2v) is 7.94. The number of rotatable bonds is 8. The van der Waals surface area contributed by atoms with Crippen molar-refractivity contribution in [1.29, 1.82) is 0 Å². The van der Waals surface area contributed by atoms with Gasteiger partial charge in [-0.05, 0) is 24.5 Å². The van der Waals surface area contributed by atoms with Gasteiger partial charge < -0.3 is 15.4 Å². The van der Waals surface area contributed by atoms with E-state index in [0.29, 0.717) is 0 Å². The minimum atomic E-state index is 0.770. The molecular formula is C21H31N5OS. The average Bonchev–Trinajstić information content (AvgIpc) is 3.14. The van der Waals surface area contributed by atoms with Gasteiger partial charge in [0.15, 0.2) is 5.96 Å². The normalized spacial score (nSPS) is 15.6. The number of aryl methyl sites for hydroxylation is 2. The van der Waals surface area contributed by atoms with Gasteiger partial charge in [0.25, 0.3) is 0 Å². The van der Waals surface area contributed by atoms with Crippen LogP contribution in [-0.2, 0) is 24.2 Å². The summed E-state index contributed by atoms with van der Waals surface area (Å²) in [5.74, 6) is 0.844. The molecule has 0 aliphatic carbocycles. The molecule has 1 aliphatic rings. The molecule has 0 amide bonds. The molecule has 0 unspecified atom stereocenters. The molecule has 2 heterocycles. The van der Waals surface area contributed by atoms with Crippen molar-refractivity contribution in [3.63, 3.8) is 0 Å². The van der Waals surface area contributed by atoms with Gasteiger partial charge in [-0.25, -0.2) is 4.98 Å². The lowest BCUT2D eigenvalue weighted by atomic mass is 10.1. The van der Waals surface area contributed by atoms with Gasteiger partial charge in [0.2, 0.25) is 0 Å². The van der Waals surface area contributed by atoms with Crippen molar-refractivity contribution in [3.05, 3.63) is 51.5 Å².